The summed E-state index contributed by atoms with van der Waals surface area (Å²) in [6, 6.07) is 0. The molecule has 0 rings (SSSR count). The van der Waals surface area contributed by atoms with Crippen LogP contribution in [0.3, 0.4) is 0 Å². The van der Waals surface area contributed by atoms with E-state index in [1.807, 2.05) is 0 Å². The summed E-state index contributed by atoms with van der Waals surface area (Å²) < 4.78 is 0. The van der Waals surface area contributed by atoms with Crippen LogP contribution in [0.4, 0.5) is 0 Å². The van der Waals surface area contributed by atoms with Crippen molar-refractivity contribution in [2.45, 2.75) is 18.4 Å². The van der Waals surface area contributed by atoms with E-state index < -0.39 is 36.4 Å². The minimum atomic E-state index is -2.74. The van der Waals surface area contributed by atoms with E-state index in [-0.39, 0.29) is 18.5 Å². The molecule has 14 N–H and O–H groups in total. The Labute approximate surface area is 103 Å². The van der Waals surface area contributed by atoms with Crippen LogP contribution in [-0.4, -0.2) is 56.2 Å². The molecule has 0 aliphatic heterocycles. The number of hydrogen-bond acceptors (Lipinski definition) is 8. The number of carboxylic acids is 3. The molecule has 0 atom stereocenters. The van der Waals surface area contributed by atoms with Crippen LogP contribution in [0.25, 0.3) is 0 Å². The third-order valence-corrected chi connectivity index (χ3v) is 1.29. The molecule has 0 aliphatic carbocycles. The van der Waals surface area contributed by atoms with E-state index in [1.165, 1.54) is 0 Å². The van der Waals surface area contributed by atoms with Gasteiger partial charge in [-0.1, -0.05) is 0 Å². The SMILES string of the molecule is CO.N.N.N.O=C(O)CC(O)(CC(=O)O)C(=O)O. The fourth-order valence-corrected chi connectivity index (χ4v) is 0.714. The van der Waals surface area contributed by atoms with Gasteiger partial charge < -0.3 is 44.0 Å². The third kappa shape index (κ3) is 12.3. The van der Waals surface area contributed by atoms with Crippen molar-refractivity contribution >= 4 is 17.9 Å². The molecule has 0 fully saturated rings. The van der Waals surface area contributed by atoms with Gasteiger partial charge in [-0.15, -0.1) is 0 Å². The third-order valence-electron chi connectivity index (χ3n) is 1.29. The number of carboxylic acid groups (broad SMARTS) is 3. The molecule has 0 bridgehead atoms. The molecule has 0 aromatic rings. The Hall–Kier alpha value is -1.79. The second-order valence-corrected chi connectivity index (χ2v) is 2.48. The van der Waals surface area contributed by atoms with Gasteiger partial charge in [-0.3, -0.25) is 9.59 Å². The molecule has 0 unspecified atom stereocenters. The van der Waals surface area contributed by atoms with Crippen LogP contribution in [0.5, 0.6) is 0 Å². The van der Waals surface area contributed by atoms with E-state index >= 15 is 0 Å². The Bertz CT molecular complexity index is 241. The zero-order valence-corrected chi connectivity index (χ0v) is 10.00. The molecule has 0 aromatic carbocycles. The first kappa shape index (κ1) is 29.8. The minimum absolute atomic E-state index is 0. The summed E-state index contributed by atoms with van der Waals surface area (Å²) in [6.45, 7) is 0. The van der Waals surface area contributed by atoms with Crippen molar-refractivity contribution in [2.24, 2.45) is 0 Å². The molecule has 0 amide bonds. The van der Waals surface area contributed by atoms with Crippen LogP contribution >= 0.6 is 0 Å². The van der Waals surface area contributed by atoms with Crippen molar-refractivity contribution in [2.75, 3.05) is 7.11 Å². The Morgan fingerprint density at radius 3 is 1.17 bits per heavy atom. The van der Waals surface area contributed by atoms with Gasteiger partial charge in [0.15, 0.2) is 5.60 Å². The fourth-order valence-electron chi connectivity index (χ4n) is 0.714. The van der Waals surface area contributed by atoms with Crippen LogP contribution in [-0.2, 0) is 14.4 Å². The molecular formula is C7H21N3O8. The average Bonchev–Trinajstić information content (AvgIpc) is 2.04. The molecule has 0 aromatic heterocycles. The molecule has 0 saturated heterocycles. The lowest BCUT2D eigenvalue weighted by Crippen LogP contribution is -2.42. The molecule has 0 aliphatic rings. The molecule has 0 spiro atoms. The first-order chi connectivity index (χ1) is 6.78. The number of carbonyl (C=O) groups is 3. The first-order valence-corrected chi connectivity index (χ1v) is 3.62. The molecule has 11 heteroatoms. The van der Waals surface area contributed by atoms with Crippen molar-refractivity contribution in [3.63, 3.8) is 0 Å². The highest BCUT2D eigenvalue weighted by Crippen LogP contribution is 2.15. The molecule has 18 heavy (non-hydrogen) atoms. The highest BCUT2D eigenvalue weighted by Gasteiger charge is 2.40. The number of aliphatic carboxylic acids is 3. The summed E-state index contributed by atoms with van der Waals surface area (Å²) in [4.78, 5) is 30.5. The largest absolute Gasteiger partial charge is 0.481 e. The maximum atomic E-state index is 10.3. The lowest BCUT2D eigenvalue weighted by molar-refractivity contribution is -0.170. The second kappa shape index (κ2) is 13.3. The number of aliphatic hydroxyl groups excluding tert-OH is 1. The summed E-state index contributed by atoms with van der Waals surface area (Å²) in [5.41, 5.74) is -2.74. The van der Waals surface area contributed by atoms with Crippen LogP contribution < -0.4 is 18.5 Å². The van der Waals surface area contributed by atoms with Crippen molar-refractivity contribution in [1.82, 2.24) is 18.5 Å². The number of rotatable bonds is 5. The summed E-state index contributed by atoms with van der Waals surface area (Å²) >= 11 is 0. The Kier molecular flexibility index (Phi) is 22.0. The van der Waals surface area contributed by atoms with Gasteiger partial charge in [0.1, 0.15) is 0 Å². The van der Waals surface area contributed by atoms with Crippen molar-refractivity contribution < 1.29 is 39.9 Å². The predicted octanol–water partition coefficient (Wildman–Crippen LogP) is -1.15. The van der Waals surface area contributed by atoms with E-state index in [2.05, 4.69) is 0 Å². The lowest BCUT2D eigenvalue weighted by atomic mass is 9.96. The second-order valence-electron chi connectivity index (χ2n) is 2.48. The molecule has 0 saturated carbocycles. The fraction of sp³-hybridized carbons (Fsp3) is 0.571. The predicted molar refractivity (Wildman–Crippen MR) is 60.3 cm³/mol. The molecule has 0 radical (unpaired) electrons. The van der Waals surface area contributed by atoms with Gasteiger partial charge >= 0.3 is 17.9 Å². The summed E-state index contributed by atoms with van der Waals surface area (Å²) in [5, 5.41) is 40.8. The van der Waals surface area contributed by atoms with Crippen LogP contribution in [0.1, 0.15) is 12.8 Å². The smallest absolute Gasteiger partial charge is 0.336 e. The van der Waals surface area contributed by atoms with Crippen LogP contribution in [0, 0.1) is 0 Å². The van der Waals surface area contributed by atoms with Gasteiger partial charge in [-0.2, -0.15) is 0 Å². The highest BCUT2D eigenvalue weighted by atomic mass is 16.4. The van der Waals surface area contributed by atoms with E-state index in [0.29, 0.717) is 0 Å². The zero-order chi connectivity index (χ0) is 12.6. The van der Waals surface area contributed by atoms with E-state index in [9.17, 15) is 14.4 Å². The van der Waals surface area contributed by atoms with Crippen LogP contribution in [0.2, 0.25) is 0 Å². The highest BCUT2D eigenvalue weighted by molar-refractivity contribution is 5.88. The average molecular weight is 275 g/mol. The van der Waals surface area contributed by atoms with E-state index in [4.69, 9.17) is 25.5 Å². The van der Waals surface area contributed by atoms with Crippen LogP contribution in [0.15, 0.2) is 0 Å². The van der Waals surface area contributed by atoms with E-state index in [1.54, 1.807) is 0 Å². The maximum absolute atomic E-state index is 10.3. The Morgan fingerprint density at radius 2 is 1.06 bits per heavy atom. The zero-order valence-electron chi connectivity index (χ0n) is 10.00. The Balaban J connectivity index is -0.000000107. The van der Waals surface area contributed by atoms with Crippen molar-refractivity contribution in [3.05, 3.63) is 0 Å². The van der Waals surface area contributed by atoms with Gasteiger partial charge in [0, 0.05) is 7.11 Å². The van der Waals surface area contributed by atoms with E-state index in [0.717, 1.165) is 7.11 Å². The van der Waals surface area contributed by atoms with Gasteiger partial charge in [0.05, 0.1) is 12.8 Å². The van der Waals surface area contributed by atoms with Crippen molar-refractivity contribution in [1.29, 1.82) is 0 Å². The minimum Gasteiger partial charge on any atom is -0.481 e. The van der Waals surface area contributed by atoms with Gasteiger partial charge in [0.25, 0.3) is 0 Å². The monoisotopic (exact) mass is 275 g/mol. The van der Waals surface area contributed by atoms with Crippen molar-refractivity contribution in [3.8, 4) is 0 Å². The topological polar surface area (TPSA) is 257 Å². The molecule has 11 nitrogen and oxygen atoms in total. The lowest BCUT2D eigenvalue weighted by Gasteiger charge is -2.18. The quantitative estimate of drug-likeness (QED) is 0.296. The number of aliphatic hydroxyl groups is 2. The van der Waals surface area contributed by atoms with Gasteiger partial charge in [-0.25, -0.2) is 4.79 Å². The number of hydrogen-bond donors (Lipinski definition) is 8. The maximum Gasteiger partial charge on any atom is 0.336 e. The first-order valence-electron chi connectivity index (χ1n) is 3.62. The summed E-state index contributed by atoms with van der Waals surface area (Å²) in [6.07, 6.45) is -2.29. The Morgan fingerprint density at radius 1 is 0.833 bits per heavy atom. The molecular weight excluding hydrogens is 254 g/mol. The summed E-state index contributed by atoms with van der Waals surface area (Å²) in [7, 11) is 1.00. The molecule has 0 heterocycles. The molecule has 112 valence electrons. The normalized spacial score (nSPS) is 8.17. The summed E-state index contributed by atoms with van der Waals surface area (Å²) in [5.74, 6) is -5.02. The van der Waals surface area contributed by atoms with Gasteiger partial charge in [-0.05, 0) is 0 Å². The van der Waals surface area contributed by atoms with Gasteiger partial charge in [0.2, 0.25) is 0 Å². The standard InChI is InChI=1S/C6H8O7.CH4O.3H3N/c7-3(8)1-6(13,5(11)12)2-4(9)10;1-2;;;/h13H,1-2H2,(H,7,8)(H,9,10)(H,11,12);2H,1H3;3*1H3.